The smallest absolute Gasteiger partial charge is 0.324 e. The van der Waals surface area contributed by atoms with Crippen LogP contribution in [0.15, 0.2) is 35.2 Å². The summed E-state index contributed by atoms with van der Waals surface area (Å²) in [5.74, 6) is -0.190. The van der Waals surface area contributed by atoms with Gasteiger partial charge in [-0.15, -0.1) is 0 Å². The van der Waals surface area contributed by atoms with E-state index in [0.29, 0.717) is 6.42 Å². The maximum atomic E-state index is 13.0. The second-order valence-corrected chi connectivity index (χ2v) is 7.88. The number of carbonyl (C=O) groups excluding carboxylic acids is 1. The van der Waals surface area contributed by atoms with Crippen molar-refractivity contribution < 1.29 is 17.9 Å². The molecule has 1 saturated heterocycles. The molecule has 1 aliphatic carbocycles. The number of methoxy groups -OCH3 is 1. The number of hydrogen-bond acceptors (Lipinski definition) is 4. The highest BCUT2D eigenvalue weighted by Gasteiger charge is 2.51. The van der Waals surface area contributed by atoms with Crippen molar-refractivity contribution in [3.8, 4) is 0 Å². The summed E-state index contributed by atoms with van der Waals surface area (Å²) in [4.78, 5) is 12.4. The molecular formula is C16H21NO4S. The number of sulfonamides is 1. The Morgan fingerprint density at radius 1 is 1.18 bits per heavy atom. The summed E-state index contributed by atoms with van der Waals surface area (Å²) in [6.07, 6.45) is 4.50. The van der Waals surface area contributed by atoms with E-state index < -0.39 is 22.0 Å². The first kappa shape index (κ1) is 15.5. The largest absolute Gasteiger partial charge is 0.468 e. The lowest BCUT2D eigenvalue weighted by Gasteiger charge is -2.32. The second kappa shape index (κ2) is 6.01. The predicted molar refractivity (Wildman–Crippen MR) is 81.6 cm³/mol. The van der Waals surface area contributed by atoms with Gasteiger partial charge in [0, 0.05) is 6.04 Å². The van der Waals surface area contributed by atoms with Crippen LogP contribution in [0.1, 0.15) is 32.1 Å². The molecule has 2 fully saturated rings. The van der Waals surface area contributed by atoms with Gasteiger partial charge in [0.2, 0.25) is 10.0 Å². The Kier molecular flexibility index (Phi) is 4.23. The average Bonchev–Trinajstić information content (AvgIpc) is 2.95. The summed E-state index contributed by atoms with van der Waals surface area (Å²) in [6, 6.07) is 7.58. The van der Waals surface area contributed by atoms with E-state index in [1.54, 1.807) is 30.3 Å². The van der Waals surface area contributed by atoms with Crippen LogP contribution in [0, 0.1) is 5.92 Å². The lowest BCUT2D eigenvalue weighted by atomic mass is 9.85. The number of fused-ring (bicyclic) bond motifs is 1. The molecule has 5 nitrogen and oxygen atoms in total. The lowest BCUT2D eigenvalue weighted by molar-refractivity contribution is -0.144. The third-order valence-corrected chi connectivity index (χ3v) is 6.77. The number of nitrogens with zero attached hydrogens (tertiary/aromatic N) is 1. The van der Waals surface area contributed by atoms with Crippen LogP contribution in [0.2, 0.25) is 0 Å². The SMILES string of the molecule is COC(=O)[C@@H]1C[C@H]2CCCC[C@H]2N1S(=O)(=O)c1ccccc1. The summed E-state index contributed by atoms with van der Waals surface area (Å²) in [6.45, 7) is 0. The first-order valence-electron chi connectivity index (χ1n) is 7.72. The fourth-order valence-electron chi connectivity index (χ4n) is 3.82. The van der Waals surface area contributed by atoms with E-state index in [1.165, 1.54) is 11.4 Å². The van der Waals surface area contributed by atoms with Gasteiger partial charge in [-0.3, -0.25) is 4.79 Å². The number of esters is 1. The highest BCUT2D eigenvalue weighted by Crippen LogP contribution is 2.42. The molecule has 1 saturated carbocycles. The molecule has 0 N–H and O–H groups in total. The molecule has 0 aromatic heterocycles. The van der Waals surface area contributed by atoms with Crippen molar-refractivity contribution in [3.63, 3.8) is 0 Å². The summed E-state index contributed by atoms with van der Waals surface area (Å²) in [5, 5.41) is 0. The standard InChI is InChI=1S/C16H21NO4S/c1-21-16(18)15-11-12-7-5-6-10-14(12)17(15)22(19,20)13-8-3-2-4-9-13/h2-4,8-9,12,14-15H,5-7,10-11H2,1H3/t12-,14-,15+/m1/s1. The molecular weight excluding hydrogens is 302 g/mol. The number of ether oxygens (including phenoxy) is 1. The summed E-state index contributed by atoms with van der Waals surface area (Å²) < 4.78 is 32.4. The maximum absolute atomic E-state index is 13.0. The monoisotopic (exact) mass is 323 g/mol. The minimum absolute atomic E-state index is 0.0805. The van der Waals surface area contributed by atoms with Gasteiger partial charge in [0.15, 0.2) is 0 Å². The Morgan fingerprint density at radius 3 is 2.55 bits per heavy atom. The van der Waals surface area contributed by atoms with Gasteiger partial charge < -0.3 is 4.74 Å². The van der Waals surface area contributed by atoms with E-state index >= 15 is 0 Å². The zero-order valence-corrected chi connectivity index (χ0v) is 13.5. The van der Waals surface area contributed by atoms with Crippen molar-refractivity contribution in [1.29, 1.82) is 0 Å². The first-order chi connectivity index (χ1) is 10.6. The topological polar surface area (TPSA) is 63.7 Å². The van der Waals surface area contributed by atoms with Crippen LogP contribution in [0.4, 0.5) is 0 Å². The van der Waals surface area contributed by atoms with Gasteiger partial charge in [0.1, 0.15) is 6.04 Å². The molecule has 120 valence electrons. The van der Waals surface area contributed by atoms with E-state index in [-0.39, 0.29) is 16.9 Å². The van der Waals surface area contributed by atoms with Crippen molar-refractivity contribution in [2.24, 2.45) is 5.92 Å². The highest BCUT2D eigenvalue weighted by atomic mass is 32.2. The number of hydrogen-bond donors (Lipinski definition) is 0. The van der Waals surface area contributed by atoms with Crippen LogP contribution in [0.3, 0.4) is 0 Å². The van der Waals surface area contributed by atoms with E-state index in [9.17, 15) is 13.2 Å². The second-order valence-electron chi connectivity index (χ2n) is 6.03. The van der Waals surface area contributed by atoms with E-state index in [1.807, 2.05) is 0 Å². The highest BCUT2D eigenvalue weighted by molar-refractivity contribution is 7.89. The van der Waals surface area contributed by atoms with Gasteiger partial charge in [-0.1, -0.05) is 31.0 Å². The molecule has 0 amide bonds. The average molecular weight is 323 g/mol. The lowest BCUT2D eigenvalue weighted by Crippen LogP contribution is -2.46. The Morgan fingerprint density at radius 2 is 1.86 bits per heavy atom. The van der Waals surface area contributed by atoms with Gasteiger partial charge >= 0.3 is 5.97 Å². The van der Waals surface area contributed by atoms with Crippen LogP contribution in [-0.4, -0.2) is 37.9 Å². The molecule has 0 radical (unpaired) electrons. The van der Waals surface area contributed by atoms with Crippen molar-refractivity contribution >= 4 is 16.0 Å². The van der Waals surface area contributed by atoms with Crippen LogP contribution >= 0.6 is 0 Å². The Hall–Kier alpha value is -1.40. The summed E-state index contributed by atoms with van der Waals surface area (Å²) in [7, 11) is -2.36. The first-order valence-corrected chi connectivity index (χ1v) is 9.16. The maximum Gasteiger partial charge on any atom is 0.324 e. The predicted octanol–water partition coefficient (Wildman–Crippen LogP) is 2.18. The summed E-state index contributed by atoms with van der Waals surface area (Å²) >= 11 is 0. The molecule has 2 aliphatic rings. The number of carbonyl (C=O) groups is 1. The molecule has 1 aromatic rings. The van der Waals surface area contributed by atoms with Crippen LogP contribution in [-0.2, 0) is 19.6 Å². The third kappa shape index (κ3) is 2.54. The fourth-order valence-corrected chi connectivity index (χ4v) is 5.70. The molecule has 1 heterocycles. The molecule has 6 heteroatoms. The molecule has 0 bridgehead atoms. The van der Waals surface area contributed by atoms with Crippen molar-refractivity contribution in [3.05, 3.63) is 30.3 Å². The third-order valence-electron chi connectivity index (χ3n) is 4.82. The quantitative estimate of drug-likeness (QED) is 0.800. The Bertz CT molecular complexity index is 643. The zero-order chi connectivity index (χ0) is 15.7. The minimum Gasteiger partial charge on any atom is -0.468 e. The van der Waals surface area contributed by atoms with Gasteiger partial charge in [0.25, 0.3) is 0 Å². The van der Waals surface area contributed by atoms with E-state index in [2.05, 4.69) is 0 Å². The van der Waals surface area contributed by atoms with Crippen LogP contribution in [0.25, 0.3) is 0 Å². The van der Waals surface area contributed by atoms with Crippen molar-refractivity contribution in [2.45, 2.75) is 49.1 Å². The molecule has 0 spiro atoms. The number of rotatable bonds is 3. The molecule has 22 heavy (non-hydrogen) atoms. The van der Waals surface area contributed by atoms with Crippen molar-refractivity contribution in [1.82, 2.24) is 4.31 Å². The van der Waals surface area contributed by atoms with Gasteiger partial charge in [-0.2, -0.15) is 4.31 Å². The number of benzene rings is 1. The van der Waals surface area contributed by atoms with Crippen molar-refractivity contribution in [2.75, 3.05) is 7.11 Å². The van der Waals surface area contributed by atoms with Gasteiger partial charge in [-0.25, -0.2) is 8.42 Å². The molecule has 1 aromatic carbocycles. The van der Waals surface area contributed by atoms with E-state index in [4.69, 9.17) is 4.74 Å². The van der Waals surface area contributed by atoms with Gasteiger partial charge in [-0.05, 0) is 37.3 Å². The van der Waals surface area contributed by atoms with E-state index in [0.717, 1.165) is 25.7 Å². The Balaban J connectivity index is 2.02. The summed E-state index contributed by atoms with van der Waals surface area (Å²) in [5.41, 5.74) is 0. The fraction of sp³-hybridized carbons (Fsp3) is 0.562. The van der Waals surface area contributed by atoms with Crippen LogP contribution in [0.5, 0.6) is 0 Å². The zero-order valence-electron chi connectivity index (χ0n) is 12.6. The molecule has 3 atom stereocenters. The normalized spacial score (nSPS) is 29.0. The minimum atomic E-state index is -3.68. The van der Waals surface area contributed by atoms with Gasteiger partial charge in [0.05, 0.1) is 12.0 Å². The molecule has 0 unspecified atom stereocenters. The van der Waals surface area contributed by atoms with Crippen LogP contribution < -0.4 is 0 Å². The molecule has 3 rings (SSSR count). The molecule has 1 aliphatic heterocycles. The Labute approximate surface area is 131 Å².